The molecule has 2 heterocycles. The van der Waals surface area contributed by atoms with Crippen molar-refractivity contribution in [1.29, 1.82) is 0 Å². The second kappa shape index (κ2) is 4.44. The number of hydrogen-bond donors (Lipinski definition) is 3. The van der Waals surface area contributed by atoms with E-state index in [9.17, 15) is 4.79 Å². The first-order valence-electron chi connectivity index (χ1n) is 5.26. The molecule has 82 valence electrons. The normalized spacial score (nSPS) is 25.4. The van der Waals surface area contributed by atoms with Crippen molar-refractivity contribution in [2.75, 3.05) is 6.54 Å². The van der Waals surface area contributed by atoms with Crippen LogP contribution in [0.15, 0.2) is 12.4 Å². The quantitative estimate of drug-likeness (QED) is 0.656. The summed E-state index contributed by atoms with van der Waals surface area (Å²) in [4.78, 5) is 18.8. The zero-order valence-corrected chi connectivity index (χ0v) is 8.79. The number of H-pyrrole nitrogens is 1. The van der Waals surface area contributed by atoms with Crippen LogP contribution in [-0.2, 0) is 11.3 Å². The predicted molar refractivity (Wildman–Crippen MR) is 56.0 cm³/mol. The molecule has 2 rings (SSSR count). The maximum absolute atomic E-state index is 11.8. The summed E-state index contributed by atoms with van der Waals surface area (Å²) >= 11 is 0. The molecule has 1 saturated heterocycles. The summed E-state index contributed by atoms with van der Waals surface area (Å²) in [7, 11) is 0. The minimum absolute atomic E-state index is 0.0972. The highest BCUT2D eigenvalue weighted by atomic mass is 16.1. The van der Waals surface area contributed by atoms with E-state index in [1.165, 1.54) is 0 Å². The van der Waals surface area contributed by atoms with Crippen LogP contribution in [0.2, 0.25) is 0 Å². The summed E-state index contributed by atoms with van der Waals surface area (Å²) in [5.74, 6) is 1.01. The number of rotatable bonds is 3. The second-order valence-electron chi connectivity index (χ2n) is 3.89. The lowest BCUT2D eigenvalue weighted by Gasteiger charge is -2.14. The van der Waals surface area contributed by atoms with Crippen LogP contribution < -0.4 is 10.6 Å². The van der Waals surface area contributed by atoms with Crippen molar-refractivity contribution in [3.8, 4) is 0 Å². The average Bonchev–Trinajstić information content (AvgIpc) is 2.84. The third-order valence-electron chi connectivity index (χ3n) is 2.85. The van der Waals surface area contributed by atoms with Gasteiger partial charge in [-0.15, -0.1) is 0 Å². The van der Waals surface area contributed by atoms with Gasteiger partial charge in [0.2, 0.25) is 5.91 Å². The summed E-state index contributed by atoms with van der Waals surface area (Å²) in [5.41, 5.74) is 0. The molecule has 15 heavy (non-hydrogen) atoms. The first-order chi connectivity index (χ1) is 7.27. The maximum atomic E-state index is 11.8. The van der Waals surface area contributed by atoms with Crippen LogP contribution in [0.3, 0.4) is 0 Å². The lowest BCUT2D eigenvalue weighted by atomic mass is 10.0. The van der Waals surface area contributed by atoms with Crippen molar-refractivity contribution < 1.29 is 4.79 Å². The van der Waals surface area contributed by atoms with Crippen molar-refractivity contribution in [3.63, 3.8) is 0 Å². The molecule has 3 N–H and O–H groups in total. The molecule has 5 nitrogen and oxygen atoms in total. The van der Waals surface area contributed by atoms with Crippen LogP contribution in [0.5, 0.6) is 0 Å². The fourth-order valence-corrected chi connectivity index (χ4v) is 1.91. The number of carbonyl (C=O) groups is 1. The Labute approximate surface area is 88.7 Å². The van der Waals surface area contributed by atoms with Crippen LogP contribution in [0.25, 0.3) is 0 Å². The first-order valence-corrected chi connectivity index (χ1v) is 5.26. The standard InChI is InChI=1S/C10H16N4O/c1-7-8(2-3-11-7)10(15)14-6-9-12-4-5-13-9/h4-5,7-8,11H,2-3,6H2,1H3,(H,12,13)(H,14,15). The van der Waals surface area contributed by atoms with E-state index < -0.39 is 0 Å². The number of aromatic amines is 1. The Kier molecular flexibility index (Phi) is 3.01. The molecular weight excluding hydrogens is 192 g/mol. The topological polar surface area (TPSA) is 69.8 Å². The van der Waals surface area contributed by atoms with E-state index in [4.69, 9.17) is 0 Å². The van der Waals surface area contributed by atoms with Crippen LogP contribution in [-0.4, -0.2) is 28.5 Å². The van der Waals surface area contributed by atoms with Gasteiger partial charge < -0.3 is 15.6 Å². The number of imidazole rings is 1. The van der Waals surface area contributed by atoms with E-state index in [2.05, 4.69) is 20.6 Å². The highest BCUT2D eigenvalue weighted by Gasteiger charge is 2.28. The van der Waals surface area contributed by atoms with Crippen molar-refractivity contribution in [3.05, 3.63) is 18.2 Å². The van der Waals surface area contributed by atoms with Gasteiger partial charge in [0.15, 0.2) is 0 Å². The summed E-state index contributed by atoms with van der Waals surface area (Å²) in [6, 6.07) is 0.279. The van der Waals surface area contributed by atoms with Gasteiger partial charge in [-0.1, -0.05) is 0 Å². The SMILES string of the molecule is CC1NCCC1C(=O)NCc1ncc[nH]1. The summed E-state index contributed by atoms with van der Waals surface area (Å²) in [5, 5.41) is 6.14. The third kappa shape index (κ3) is 2.36. The van der Waals surface area contributed by atoms with E-state index in [1.54, 1.807) is 12.4 Å². The molecule has 0 aromatic carbocycles. The zero-order chi connectivity index (χ0) is 10.7. The molecule has 0 saturated carbocycles. The second-order valence-corrected chi connectivity index (χ2v) is 3.89. The summed E-state index contributed by atoms with van der Waals surface area (Å²) in [6.45, 7) is 3.46. The third-order valence-corrected chi connectivity index (χ3v) is 2.85. The maximum Gasteiger partial charge on any atom is 0.225 e. The van der Waals surface area contributed by atoms with Gasteiger partial charge in [0, 0.05) is 18.4 Å². The Bertz CT molecular complexity index is 322. The molecule has 1 aromatic heterocycles. The lowest BCUT2D eigenvalue weighted by molar-refractivity contribution is -0.125. The molecule has 0 bridgehead atoms. The van der Waals surface area contributed by atoms with Crippen LogP contribution in [0.4, 0.5) is 0 Å². The van der Waals surface area contributed by atoms with Gasteiger partial charge in [0.05, 0.1) is 12.5 Å². The van der Waals surface area contributed by atoms with Crippen LogP contribution in [0, 0.1) is 5.92 Å². The van der Waals surface area contributed by atoms with E-state index in [1.807, 2.05) is 6.92 Å². The van der Waals surface area contributed by atoms with Crippen molar-refractivity contribution in [2.45, 2.75) is 25.9 Å². The first kappa shape index (κ1) is 10.2. The van der Waals surface area contributed by atoms with E-state index in [0.717, 1.165) is 18.8 Å². The van der Waals surface area contributed by atoms with Crippen molar-refractivity contribution in [1.82, 2.24) is 20.6 Å². The lowest BCUT2D eigenvalue weighted by Crippen LogP contribution is -2.36. The molecule has 0 radical (unpaired) electrons. The van der Waals surface area contributed by atoms with E-state index in [-0.39, 0.29) is 17.9 Å². The zero-order valence-electron chi connectivity index (χ0n) is 8.79. The molecule has 1 fully saturated rings. The Morgan fingerprint density at radius 2 is 2.60 bits per heavy atom. The fraction of sp³-hybridized carbons (Fsp3) is 0.600. The van der Waals surface area contributed by atoms with Gasteiger partial charge in [0.25, 0.3) is 0 Å². The predicted octanol–water partition coefficient (Wildman–Crippen LogP) is 0.0239. The number of nitrogens with one attached hydrogen (secondary N) is 3. The van der Waals surface area contributed by atoms with Crippen molar-refractivity contribution in [2.24, 2.45) is 5.92 Å². The smallest absolute Gasteiger partial charge is 0.225 e. The Hall–Kier alpha value is -1.36. The molecule has 1 aliphatic heterocycles. The number of hydrogen-bond acceptors (Lipinski definition) is 3. The minimum atomic E-state index is 0.0972. The van der Waals surface area contributed by atoms with E-state index in [0.29, 0.717) is 6.54 Å². The number of amides is 1. The highest BCUT2D eigenvalue weighted by molar-refractivity contribution is 5.79. The largest absolute Gasteiger partial charge is 0.349 e. The Morgan fingerprint density at radius 3 is 3.20 bits per heavy atom. The highest BCUT2D eigenvalue weighted by Crippen LogP contribution is 2.14. The van der Waals surface area contributed by atoms with Gasteiger partial charge in [-0.3, -0.25) is 4.79 Å². The molecule has 2 unspecified atom stereocenters. The van der Waals surface area contributed by atoms with Crippen LogP contribution >= 0.6 is 0 Å². The van der Waals surface area contributed by atoms with Crippen LogP contribution in [0.1, 0.15) is 19.2 Å². The average molecular weight is 208 g/mol. The van der Waals surface area contributed by atoms with Gasteiger partial charge in [-0.05, 0) is 19.9 Å². The van der Waals surface area contributed by atoms with Gasteiger partial charge in [0.1, 0.15) is 5.82 Å². The van der Waals surface area contributed by atoms with Gasteiger partial charge in [-0.2, -0.15) is 0 Å². The molecule has 2 atom stereocenters. The summed E-state index contributed by atoms with van der Waals surface area (Å²) in [6.07, 6.45) is 4.35. The number of carbonyl (C=O) groups excluding carboxylic acids is 1. The number of aromatic nitrogens is 2. The van der Waals surface area contributed by atoms with Gasteiger partial charge in [-0.25, -0.2) is 4.98 Å². The molecule has 1 amide bonds. The molecular formula is C10H16N4O. The molecule has 5 heteroatoms. The van der Waals surface area contributed by atoms with Gasteiger partial charge >= 0.3 is 0 Å². The van der Waals surface area contributed by atoms with E-state index >= 15 is 0 Å². The van der Waals surface area contributed by atoms with Crippen molar-refractivity contribution >= 4 is 5.91 Å². The molecule has 1 aromatic rings. The number of nitrogens with zero attached hydrogens (tertiary/aromatic N) is 1. The Morgan fingerprint density at radius 1 is 1.73 bits per heavy atom. The minimum Gasteiger partial charge on any atom is -0.349 e. The molecule has 1 aliphatic rings. The Balaban J connectivity index is 1.82. The monoisotopic (exact) mass is 208 g/mol. The molecule has 0 spiro atoms. The fourth-order valence-electron chi connectivity index (χ4n) is 1.91. The summed E-state index contributed by atoms with van der Waals surface area (Å²) < 4.78 is 0. The molecule has 0 aliphatic carbocycles.